The molecule has 0 aliphatic carbocycles. The maximum Gasteiger partial charge on any atom is 0.191 e. The highest BCUT2D eigenvalue weighted by Gasteiger charge is 2.27. The Balaban J connectivity index is 1.60. The van der Waals surface area contributed by atoms with Gasteiger partial charge in [-0.15, -0.1) is 11.3 Å². The molecule has 0 saturated carbocycles. The number of hydrogen-bond acceptors (Lipinski definition) is 6. The number of thioether (sulfide) groups is 1. The van der Waals surface area contributed by atoms with Crippen molar-refractivity contribution in [3.05, 3.63) is 45.3 Å². The van der Waals surface area contributed by atoms with Crippen LogP contribution in [0.4, 0.5) is 5.82 Å². The Morgan fingerprint density at radius 3 is 2.81 bits per heavy atom. The average molecular weight is 406 g/mol. The Bertz CT molecular complexity index is 940. The molecule has 0 radical (unpaired) electrons. The Morgan fingerprint density at radius 2 is 2.08 bits per heavy atom. The maximum absolute atomic E-state index is 6.32. The largest absolute Gasteiger partial charge is 0.383 e. The van der Waals surface area contributed by atoms with Crippen LogP contribution in [0.2, 0.25) is 5.02 Å². The second-order valence-corrected chi connectivity index (χ2v) is 9.25. The number of hydrogen-bond donors (Lipinski definition) is 1. The zero-order valence-electron chi connectivity index (χ0n) is 14.7. The molecule has 4 nitrogen and oxygen atoms in total. The third kappa shape index (κ3) is 3.56. The van der Waals surface area contributed by atoms with E-state index in [1.807, 2.05) is 24.3 Å². The number of nitrogen functional groups attached to an aromatic ring is 1. The fourth-order valence-corrected chi connectivity index (χ4v) is 5.23. The van der Waals surface area contributed by atoms with Crippen LogP contribution in [0.1, 0.15) is 29.9 Å². The van der Waals surface area contributed by atoms with Gasteiger partial charge in [-0.3, -0.25) is 0 Å². The summed E-state index contributed by atoms with van der Waals surface area (Å²) in [6, 6.07) is 7.83. The molecule has 0 amide bonds. The van der Waals surface area contributed by atoms with Crippen LogP contribution >= 0.6 is 34.7 Å². The van der Waals surface area contributed by atoms with Crippen LogP contribution in [-0.4, -0.2) is 16.1 Å². The molecule has 2 aromatic heterocycles. The minimum Gasteiger partial charge on any atom is -0.383 e. The van der Waals surface area contributed by atoms with Gasteiger partial charge in [0.25, 0.3) is 0 Å². The molecular formula is C19H20ClN3OS2. The summed E-state index contributed by atoms with van der Waals surface area (Å²) in [7, 11) is 0. The lowest BCUT2D eigenvalue weighted by atomic mass is 9.96. The maximum atomic E-state index is 6.32. The van der Waals surface area contributed by atoms with E-state index in [0.717, 1.165) is 27.4 Å². The van der Waals surface area contributed by atoms with Gasteiger partial charge in [0.15, 0.2) is 5.16 Å². The number of anilines is 1. The predicted molar refractivity (Wildman–Crippen MR) is 110 cm³/mol. The highest BCUT2D eigenvalue weighted by atomic mass is 35.5. The fourth-order valence-electron chi connectivity index (χ4n) is 3.11. The quantitative estimate of drug-likeness (QED) is 0.470. The molecule has 0 fully saturated rings. The van der Waals surface area contributed by atoms with E-state index in [4.69, 9.17) is 27.1 Å². The number of nitrogens with two attached hydrogens (primary N) is 1. The summed E-state index contributed by atoms with van der Waals surface area (Å²) in [5.41, 5.74) is 8.78. The molecule has 0 saturated heterocycles. The van der Waals surface area contributed by atoms with E-state index in [1.54, 1.807) is 23.1 Å². The Morgan fingerprint density at radius 1 is 1.31 bits per heavy atom. The molecule has 3 heterocycles. The number of ether oxygens (including phenoxy) is 1. The molecular weight excluding hydrogens is 386 g/mol. The van der Waals surface area contributed by atoms with Gasteiger partial charge >= 0.3 is 0 Å². The van der Waals surface area contributed by atoms with Crippen LogP contribution in [0.15, 0.2) is 29.4 Å². The number of benzene rings is 1. The third-order valence-corrected chi connectivity index (χ3v) is 6.87. The summed E-state index contributed by atoms with van der Waals surface area (Å²) in [6.07, 6.45) is 1.12. The summed E-state index contributed by atoms with van der Waals surface area (Å²) in [4.78, 5) is 11.5. The lowest BCUT2D eigenvalue weighted by molar-refractivity contribution is 0.00203. The van der Waals surface area contributed by atoms with Gasteiger partial charge in [0, 0.05) is 22.1 Å². The van der Waals surface area contributed by atoms with Crippen LogP contribution in [-0.2, 0) is 23.5 Å². The minimum absolute atomic E-state index is 0.235. The van der Waals surface area contributed by atoms with Crippen molar-refractivity contribution >= 4 is 50.7 Å². The minimum atomic E-state index is 0.235. The molecule has 1 atom stereocenters. The molecule has 7 heteroatoms. The van der Waals surface area contributed by atoms with Gasteiger partial charge in [-0.1, -0.05) is 49.3 Å². The van der Waals surface area contributed by atoms with Gasteiger partial charge in [-0.05, 0) is 29.2 Å². The Hall–Kier alpha value is -1.34. The van der Waals surface area contributed by atoms with E-state index in [-0.39, 0.29) is 6.10 Å². The van der Waals surface area contributed by atoms with E-state index in [0.29, 0.717) is 23.5 Å². The van der Waals surface area contributed by atoms with E-state index >= 15 is 0 Å². The van der Waals surface area contributed by atoms with E-state index in [9.17, 15) is 0 Å². The van der Waals surface area contributed by atoms with Crippen molar-refractivity contribution in [1.82, 2.24) is 9.97 Å². The molecule has 0 unspecified atom stereocenters. The molecule has 0 bridgehead atoms. The number of aromatic nitrogens is 2. The number of fused-ring (bicyclic) bond motifs is 3. The van der Waals surface area contributed by atoms with Crippen LogP contribution in [0.25, 0.3) is 10.2 Å². The Labute approximate surface area is 166 Å². The monoisotopic (exact) mass is 405 g/mol. The topological polar surface area (TPSA) is 61.0 Å². The van der Waals surface area contributed by atoms with Gasteiger partial charge in [0.05, 0.1) is 18.1 Å². The van der Waals surface area contributed by atoms with Gasteiger partial charge in [-0.2, -0.15) is 0 Å². The van der Waals surface area contributed by atoms with Crippen LogP contribution < -0.4 is 5.73 Å². The molecule has 0 spiro atoms. The molecule has 136 valence electrons. The third-order valence-electron chi connectivity index (χ3n) is 4.60. The van der Waals surface area contributed by atoms with Crippen molar-refractivity contribution in [1.29, 1.82) is 0 Å². The van der Waals surface area contributed by atoms with Crippen molar-refractivity contribution in [3.63, 3.8) is 0 Å². The highest BCUT2D eigenvalue weighted by molar-refractivity contribution is 7.98. The first-order valence-electron chi connectivity index (χ1n) is 8.58. The number of rotatable bonds is 4. The zero-order valence-corrected chi connectivity index (χ0v) is 17.0. The molecule has 1 aliphatic rings. The van der Waals surface area contributed by atoms with Gasteiger partial charge in [-0.25, -0.2) is 9.97 Å². The summed E-state index contributed by atoms with van der Waals surface area (Å²) in [6.45, 7) is 5.02. The van der Waals surface area contributed by atoms with Crippen molar-refractivity contribution in [2.45, 2.75) is 43.9 Å². The van der Waals surface area contributed by atoms with Crippen molar-refractivity contribution in [2.24, 2.45) is 5.92 Å². The van der Waals surface area contributed by atoms with E-state index in [1.165, 1.54) is 16.0 Å². The van der Waals surface area contributed by atoms with E-state index < -0.39 is 0 Å². The van der Waals surface area contributed by atoms with Crippen molar-refractivity contribution in [3.8, 4) is 0 Å². The first kappa shape index (κ1) is 18.0. The van der Waals surface area contributed by atoms with E-state index in [2.05, 4.69) is 18.8 Å². The molecule has 4 rings (SSSR count). The van der Waals surface area contributed by atoms with Gasteiger partial charge in [0.2, 0.25) is 0 Å². The molecule has 3 aromatic rings. The Kier molecular flexibility index (Phi) is 5.10. The fraction of sp³-hybridized carbons (Fsp3) is 0.368. The second-order valence-electron chi connectivity index (χ2n) is 6.79. The summed E-state index contributed by atoms with van der Waals surface area (Å²) >= 11 is 9.21. The molecule has 2 N–H and O–H groups in total. The standard InChI is InChI=1S/C19H20ClN3OS2/c1-10(2)14-7-13-15(8-24-14)26-18-16(13)17(21)22-19(23-18)25-9-11-3-5-12(20)6-4-11/h3-6,10,14H,7-9H2,1-2H3,(H2,21,22,23)/t14-/m0/s1. The second kappa shape index (κ2) is 7.35. The summed E-state index contributed by atoms with van der Waals surface area (Å²) in [5.74, 6) is 1.84. The lowest BCUT2D eigenvalue weighted by Crippen LogP contribution is -2.26. The first-order chi connectivity index (χ1) is 12.5. The SMILES string of the molecule is CC(C)[C@@H]1Cc2c(sc3nc(SCc4ccc(Cl)cc4)nc(N)c23)CO1. The molecule has 26 heavy (non-hydrogen) atoms. The van der Waals surface area contributed by atoms with Crippen molar-refractivity contribution in [2.75, 3.05) is 5.73 Å². The number of halogens is 1. The first-order valence-corrected chi connectivity index (χ1v) is 10.8. The van der Waals surface area contributed by atoms with Crippen molar-refractivity contribution < 1.29 is 4.74 Å². The summed E-state index contributed by atoms with van der Waals surface area (Å²) < 4.78 is 5.99. The molecule has 1 aliphatic heterocycles. The highest BCUT2D eigenvalue weighted by Crippen LogP contribution is 2.39. The van der Waals surface area contributed by atoms with Gasteiger partial charge < -0.3 is 10.5 Å². The van der Waals surface area contributed by atoms with Crippen LogP contribution in [0.3, 0.4) is 0 Å². The zero-order chi connectivity index (χ0) is 18.3. The predicted octanol–water partition coefficient (Wildman–Crippen LogP) is 5.32. The normalized spacial score (nSPS) is 17.0. The average Bonchev–Trinajstić information content (AvgIpc) is 2.99. The van der Waals surface area contributed by atoms with Crippen LogP contribution in [0, 0.1) is 5.92 Å². The molecule has 1 aromatic carbocycles. The van der Waals surface area contributed by atoms with Gasteiger partial charge in [0.1, 0.15) is 10.6 Å². The van der Waals surface area contributed by atoms with Crippen LogP contribution in [0.5, 0.6) is 0 Å². The number of nitrogens with zero attached hydrogens (tertiary/aromatic N) is 2. The number of thiophene rings is 1. The lowest BCUT2D eigenvalue weighted by Gasteiger charge is -2.26. The smallest absolute Gasteiger partial charge is 0.191 e. The summed E-state index contributed by atoms with van der Waals surface area (Å²) in [5, 5.41) is 2.48.